The first kappa shape index (κ1) is 14.0. The number of aryl methyl sites for hydroxylation is 1. The van der Waals surface area contributed by atoms with Gasteiger partial charge in [-0.1, -0.05) is 19.4 Å². The number of hydrogen-bond acceptors (Lipinski definition) is 3. The fraction of sp³-hybridized carbons (Fsp3) is 0.706. The van der Waals surface area contributed by atoms with E-state index in [-0.39, 0.29) is 5.54 Å². The molecule has 3 heteroatoms. The van der Waals surface area contributed by atoms with Crippen molar-refractivity contribution >= 4 is 0 Å². The second-order valence-electron chi connectivity index (χ2n) is 6.67. The van der Waals surface area contributed by atoms with Gasteiger partial charge >= 0.3 is 0 Å². The number of rotatable bonds is 5. The van der Waals surface area contributed by atoms with Crippen LogP contribution in [-0.4, -0.2) is 28.5 Å². The van der Waals surface area contributed by atoms with Gasteiger partial charge in [0.05, 0.1) is 5.69 Å². The van der Waals surface area contributed by atoms with E-state index in [1.54, 1.807) is 0 Å². The molecule has 2 aliphatic carbocycles. The maximum Gasteiger partial charge on any atom is 0.0547 e. The molecule has 0 saturated heterocycles. The van der Waals surface area contributed by atoms with E-state index >= 15 is 0 Å². The van der Waals surface area contributed by atoms with Crippen LogP contribution in [0, 0.1) is 18.8 Å². The van der Waals surface area contributed by atoms with Crippen molar-refractivity contribution in [3.63, 3.8) is 0 Å². The minimum absolute atomic E-state index is 0.239. The van der Waals surface area contributed by atoms with Gasteiger partial charge in [-0.3, -0.25) is 9.88 Å². The smallest absolute Gasteiger partial charge is 0.0547 e. The lowest BCUT2D eigenvalue weighted by atomic mass is 9.79. The van der Waals surface area contributed by atoms with E-state index in [1.807, 2.05) is 0 Å². The minimum atomic E-state index is 0.239. The Balaban J connectivity index is 1.82. The lowest BCUT2D eigenvalue weighted by Gasteiger charge is -2.46. The molecule has 0 amide bonds. The molecular formula is C17H27N3. The molecule has 1 aromatic rings. The maximum atomic E-state index is 6.25. The van der Waals surface area contributed by atoms with Gasteiger partial charge in [0.25, 0.3) is 0 Å². The molecule has 2 N–H and O–H groups in total. The number of aromatic nitrogens is 1. The van der Waals surface area contributed by atoms with E-state index in [0.29, 0.717) is 0 Å². The van der Waals surface area contributed by atoms with E-state index in [4.69, 9.17) is 5.73 Å². The van der Waals surface area contributed by atoms with Gasteiger partial charge in [-0.05, 0) is 56.7 Å². The predicted octanol–water partition coefficient (Wildman–Crippen LogP) is 2.73. The third kappa shape index (κ3) is 2.27. The Hall–Kier alpha value is -0.930. The standard InChI is InChI=1S/C17H27N3/c1-3-20(11-16-6-4-5-13(2)19-16)17(12-18)10-14-7-8-15(17)9-14/h4-6,14-15H,3,7-12,18H2,1-2H3. The highest BCUT2D eigenvalue weighted by Gasteiger charge is 2.52. The van der Waals surface area contributed by atoms with E-state index in [0.717, 1.165) is 37.2 Å². The molecule has 3 atom stereocenters. The summed E-state index contributed by atoms with van der Waals surface area (Å²) < 4.78 is 0. The van der Waals surface area contributed by atoms with E-state index in [9.17, 15) is 0 Å². The Morgan fingerprint density at radius 2 is 2.25 bits per heavy atom. The quantitative estimate of drug-likeness (QED) is 0.897. The first-order valence-corrected chi connectivity index (χ1v) is 8.05. The molecule has 2 fully saturated rings. The molecule has 1 heterocycles. The van der Waals surface area contributed by atoms with Crippen molar-refractivity contribution in [3.05, 3.63) is 29.6 Å². The SMILES string of the molecule is CCN(Cc1cccc(C)n1)C1(CN)CC2CCC1C2. The summed E-state index contributed by atoms with van der Waals surface area (Å²) in [6, 6.07) is 6.32. The van der Waals surface area contributed by atoms with Gasteiger partial charge in [0, 0.05) is 24.3 Å². The molecule has 3 rings (SSSR count). The average molecular weight is 273 g/mol. The van der Waals surface area contributed by atoms with Gasteiger partial charge in [-0.2, -0.15) is 0 Å². The first-order chi connectivity index (χ1) is 9.68. The second-order valence-corrected chi connectivity index (χ2v) is 6.67. The number of hydrogen-bond donors (Lipinski definition) is 1. The molecule has 0 aliphatic heterocycles. The predicted molar refractivity (Wildman–Crippen MR) is 82.3 cm³/mol. The summed E-state index contributed by atoms with van der Waals surface area (Å²) in [6.45, 7) is 7.14. The maximum absolute atomic E-state index is 6.25. The van der Waals surface area contributed by atoms with Crippen LogP contribution in [0.25, 0.3) is 0 Å². The van der Waals surface area contributed by atoms with E-state index < -0.39 is 0 Å². The Kier molecular flexibility index (Phi) is 3.83. The van der Waals surface area contributed by atoms with Crippen molar-refractivity contribution in [3.8, 4) is 0 Å². The first-order valence-electron chi connectivity index (χ1n) is 8.05. The Labute approximate surface area is 122 Å². The topological polar surface area (TPSA) is 42.2 Å². The fourth-order valence-electron chi connectivity index (χ4n) is 4.65. The van der Waals surface area contributed by atoms with Crippen LogP contribution in [0.5, 0.6) is 0 Å². The van der Waals surface area contributed by atoms with Crippen LogP contribution >= 0.6 is 0 Å². The van der Waals surface area contributed by atoms with Gasteiger partial charge in [0.15, 0.2) is 0 Å². The van der Waals surface area contributed by atoms with Gasteiger partial charge in [0.1, 0.15) is 0 Å². The lowest BCUT2D eigenvalue weighted by molar-refractivity contribution is 0.0380. The molecule has 3 nitrogen and oxygen atoms in total. The fourth-order valence-corrected chi connectivity index (χ4v) is 4.65. The molecule has 2 aliphatic rings. The molecule has 1 aromatic heterocycles. The Morgan fingerprint density at radius 3 is 2.80 bits per heavy atom. The second kappa shape index (κ2) is 5.45. The Morgan fingerprint density at radius 1 is 1.40 bits per heavy atom. The molecular weight excluding hydrogens is 246 g/mol. The number of pyridine rings is 1. The monoisotopic (exact) mass is 273 g/mol. The number of likely N-dealkylation sites (N-methyl/N-ethyl adjacent to an activating group) is 1. The third-order valence-electron chi connectivity index (χ3n) is 5.61. The van der Waals surface area contributed by atoms with Gasteiger partial charge in [0.2, 0.25) is 0 Å². The molecule has 0 aromatic carbocycles. The molecule has 0 radical (unpaired) electrons. The van der Waals surface area contributed by atoms with Crippen molar-refractivity contribution < 1.29 is 0 Å². The zero-order valence-corrected chi connectivity index (χ0v) is 12.8. The van der Waals surface area contributed by atoms with Gasteiger partial charge in [-0.15, -0.1) is 0 Å². The highest BCUT2D eigenvalue weighted by atomic mass is 15.2. The summed E-state index contributed by atoms with van der Waals surface area (Å²) in [7, 11) is 0. The van der Waals surface area contributed by atoms with Crippen LogP contribution in [0.3, 0.4) is 0 Å². The third-order valence-corrected chi connectivity index (χ3v) is 5.61. The summed E-state index contributed by atoms with van der Waals surface area (Å²) in [5.74, 6) is 1.73. The van der Waals surface area contributed by atoms with Crippen LogP contribution in [-0.2, 0) is 6.54 Å². The molecule has 20 heavy (non-hydrogen) atoms. The number of nitrogens with zero attached hydrogens (tertiary/aromatic N) is 2. The van der Waals surface area contributed by atoms with Crippen LogP contribution < -0.4 is 5.73 Å². The summed E-state index contributed by atoms with van der Waals surface area (Å²) in [4.78, 5) is 7.29. The summed E-state index contributed by atoms with van der Waals surface area (Å²) in [5, 5.41) is 0. The van der Waals surface area contributed by atoms with Crippen LogP contribution in [0.2, 0.25) is 0 Å². The largest absolute Gasteiger partial charge is 0.329 e. The highest BCUT2D eigenvalue weighted by molar-refractivity contribution is 5.13. The molecule has 110 valence electrons. The van der Waals surface area contributed by atoms with Crippen LogP contribution in [0.1, 0.15) is 44.0 Å². The average Bonchev–Trinajstić information content (AvgIpc) is 3.05. The van der Waals surface area contributed by atoms with Crippen molar-refractivity contribution in [2.24, 2.45) is 17.6 Å². The lowest BCUT2D eigenvalue weighted by Crippen LogP contribution is -2.56. The van der Waals surface area contributed by atoms with Crippen LogP contribution in [0.15, 0.2) is 18.2 Å². The van der Waals surface area contributed by atoms with Crippen molar-refractivity contribution in [2.45, 2.75) is 51.6 Å². The highest BCUT2D eigenvalue weighted by Crippen LogP contribution is 2.53. The molecule has 2 saturated carbocycles. The zero-order chi connectivity index (χ0) is 14.2. The molecule has 3 unspecified atom stereocenters. The normalized spacial score (nSPS) is 32.2. The minimum Gasteiger partial charge on any atom is -0.329 e. The number of nitrogens with two attached hydrogens (primary N) is 1. The Bertz CT molecular complexity index is 473. The summed E-state index contributed by atoms with van der Waals surface area (Å²) >= 11 is 0. The summed E-state index contributed by atoms with van der Waals surface area (Å²) in [6.07, 6.45) is 5.50. The van der Waals surface area contributed by atoms with Gasteiger partial charge in [-0.25, -0.2) is 0 Å². The summed E-state index contributed by atoms with van der Waals surface area (Å²) in [5.41, 5.74) is 8.78. The van der Waals surface area contributed by atoms with Crippen molar-refractivity contribution in [1.82, 2.24) is 9.88 Å². The number of fused-ring (bicyclic) bond motifs is 2. The van der Waals surface area contributed by atoms with E-state index in [1.165, 1.54) is 31.4 Å². The van der Waals surface area contributed by atoms with Crippen LogP contribution in [0.4, 0.5) is 0 Å². The van der Waals surface area contributed by atoms with E-state index in [2.05, 4.69) is 41.9 Å². The van der Waals surface area contributed by atoms with Crippen molar-refractivity contribution in [2.75, 3.05) is 13.1 Å². The van der Waals surface area contributed by atoms with Gasteiger partial charge < -0.3 is 5.73 Å². The molecule has 2 bridgehead atoms. The zero-order valence-electron chi connectivity index (χ0n) is 12.8. The van der Waals surface area contributed by atoms with Crippen molar-refractivity contribution in [1.29, 1.82) is 0 Å². The molecule has 0 spiro atoms.